The van der Waals surface area contributed by atoms with Crippen LogP contribution in [0.5, 0.6) is 0 Å². The molecule has 3 heterocycles. The van der Waals surface area contributed by atoms with Crippen LogP contribution in [0.4, 0.5) is 11.4 Å². The summed E-state index contributed by atoms with van der Waals surface area (Å²) in [7, 11) is 1.59. The first kappa shape index (κ1) is 27.4. The summed E-state index contributed by atoms with van der Waals surface area (Å²) < 4.78 is 6.70. The van der Waals surface area contributed by atoms with Gasteiger partial charge in [0.15, 0.2) is 0 Å². The lowest BCUT2D eigenvalue weighted by atomic mass is 9.65. The first-order chi connectivity index (χ1) is 17.8. The molecule has 3 fully saturated rings. The molecule has 3 saturated heterocycles. The van der Waals surface area contributed by atoms with E-state index >= 15 is 0 Å². The molecule has 0 aliphatic carbocycles. The number of aliphatic hydroxyl groups is 1. The molecule has 9 heteroatoms. The maximum absolute atomic E-state index is 13.9. The summed E-state index contributed by atoms with van der Waals surface area (Å²) in [6, 6.07) is 6.93. The van der Waals surface area contributed by atoms with Gasteiger partial charge < -0.3 is 30.3 Å². The highest BCUT2D eigenvalue weighted by Gasteiger charge is 2.78. The van der Waals surface area contributed by atoms with Crippen LogP contribution >= 0.6 is 0 Å². The molecule has 0 radical (unpaired) electrons. The topological polar surface area (TPSA) is 111 Å². The molecule has 0 aromatic heterocycles. The Labute approximate surface area is 219 Å². The van der Waals surface area contributed by atoms with Crippen LogP contribution < -0.4 is 15.5 Å². The van der Waals surface area contributed by atoms with Gasteiger partial charge in [0, 0.05) is 44.7 Å². The third kappa shape index (κ3) is 4.50. The molecular formula is C28H42N4O5. The van der Waals surface area contributed by atoms with E-state index in [0.717, 1.165) is 25.2 Å². The molecule has 0 saturated carbocycles. The third-order valence-electron chi connectivity index (χ3n) is 8.78. The van der Waals surface area contributed by atoms with Crippen molar-refractivity contribution in [3.8, 4) is 0 Å². The van der Waals surface area contributed by atoms with Gasteiger partial charge in [0.05, 0.1) is 17.4 Å². The van der Waals surface area contributed by atoms with Gasteiger partial charge in [-0.15, -0.1) is 0 Å². The van der Waals surface area contributed by atoms with Gasteiger partial charge in [0.1, 0.15) is 11.6 Å². The molecule has 4 rings (SSSR count). The number of benzene rings is 1. The zero-order valence-corrected chi connectivity index (χ0v) is 22.6. The summed E-state index contributed by atoms with van der Waals surface area (Å²) in [5, 5.41) is 15.0. The van der Waals surface area contributed by atoms with Crippen LogP contribution in [0.25, 0.3) is 0 Å². The largest absolute Gasteiger partial charge is 0.396 e. The number of hydrogen-bond acceptors (Lipinski definition) is 6. The van der Waals surface area contributed by atoms with Crippen molar-refractivity contribution in [3.05, 3.63) is 24.3 Å². The predicted molar refractivity (Wildman–Crippen MR) is 142 cm³/mol. The first-order valence-corrected chi connectivity index (χ1v) is 13.8. The quantitative estimate of drug-likeness (QED) is 0.370. The number of nitrogens with zero attached hydrogens (tertiary/aromatic N) is 2. The molecule has 3 N–H and O–H groups in total. The van der Waals surface area contributed by atoms with Crippen molar-refractivity contribution in [2.75, 3.05) is 43.5 Å². The summed E-state index contributed by atoms with van der Waals surface area (Å²) in [6.07, 6.45) is 3.87. The highest BCUT2D eigenvalue weighted by molar-refractivity contribution is 6.03. The van der Waals surface area contributed by atoms with E-state index in [2.05, 4.69) is 29.4 Å². The van der Waals surface area contributed by atoms with Crippen LogP contribution in [0, 0.1) is 11.8 Å². The van der Waals surface area contributed by atoms with Crippen molar-refractivity contribution >= 4 is 29.1 Å². The molecule has 2 bridgehead atoms. The van der Waals surface area contributed by atoms with Crippen molar-refractivity contribution in [1.29, 1.82) is 0 Å². The second kappa shape index (κ2) is 11.0. The monoisotopic (exact) mass is 514 g/mol. The highest BCUT2D eigenvalue weighted by atomic mass is 16.5. The normalized spacial score (nSPS) is 29.9. The number of ether oxygens (including phenoxy) is 1. The van der Waals surface area contributed by atoms with E-state index in [1.54, 1.807) is 11.9 Å². The SMILES string of the molecule is CCN(CC)c1ccc(NC(=O)C2N(CCCCCO)C(=O)[C@@H]3[C@H](C(=O)NC)[C@]4(CC)CCC23O4)cc1. The number of aliphatic hydroxyl groups excluding tert-OH is 1. The smallest absolute Gasteiger partial charge is 0.250 e. The summed E-state index contributed by atoms with van der Waals surface area (Å²) in [5.41, 5.74) is -0.00636. The molecule has 2 unspecified atom stereocenters. The molecule has 1 spiro atoms. The first-order valence-electron chi connectivity index (χ1n) is 13.8. The van der Waals surface area contributed by atoms with Gasteiger partial charge in [-0.3, -0.25) is 14.4 Å². The van der Waals surface area contributed by atoms with E-state index in [-0.39, 0.29) is 24.3 Å². The van der Waals surface area contributed by atoms with Crippen LogP contribution in [0.2, 0.25) is 0 Å². The van der Waals surface area contributed by atoms with E-state index in [1.165, 1.54) is 0 Å². The molecule has 5 atom stereocenters. The number of rotatable bonds is 12. The molecule has 1 aromatic carbocycles. The fraction of sp³-hybridized carbons (Fsp3) is 0.679. The lowest BCUT2D eigenvalue weighted by Crippen LogP contribution is -2.53. The van der Waals surface area contributed by atoms with Crippen LogP contribution in [-0.2, 0) is 19.1 Å². The molecular weight excluding hydrogens is 472 g/mol. The standard InChI is InChI=1S/C28H42N4O5/c1-5-27-15-16-28(37-27)22(21(27)24(34)29-4)26(36)32(17-9-8-10-18-33)23(28)25(35)30-19-11-13-20(14-12-19)31(6-2)7-3/h11-14,21-23,33H,5-10,15-18H2,1-4H3,(H,29,34)(H,30,35)/t21-,22+,23?,27+,28?/m1/s1. The Balaban J connectivity index is 1.64. The number of carbonyl (C=O) groups excluding carboxylic acids is 3. The minimum absolute atomic E-state index is 0.0921. The summed E-state index contributed by atoms with van der Waals surface area (Å²) in [6.45, 7) is 8.46. The Hall–Kier alpha value is -2.65. The zero-order valence-electron chi connectivity index (χ0n) is 22.6. The van der Waals surface area contributed by atoms with Crippen LogP contribution in [0.1, 0.15) is 59.3 Å². The van der Waals surface area contributed by atoms with E-state index in [0.29, 0.717) is 44.3 Å². The number of hydrogen-bond donors (Lipinski definition) is 3. The van der Waals surface area contributed by atoms with E-state index in [4.69, 9.17) is 4.74 Å². The van der Waals surface area contributed by atoms with Crippen molar-refractivity contribution < 1.29 is 24.2 Å². The van der Waals surface area contributed by atoms with E-state index < -0.39 is 29.1 Å². The maximum Gasteiger partial charge on any atom is 0.250 e. The summed E-state index contributed by atoms with van der Waals surface area (Å²) in [5.74, 6) is -1.95. The third-order valence-corrected chi connectivity index (χ3v) is 8.78. The van der Waals surface area contributed by atoms with Crippen LogP contribution in [0.15, 0.2) is 24.3 Å². The highest BCUT2D eigenvalue weighted by Crippen LogP contribution is 2.64. The summed E-state index contributed by atoms with van der Waals surface area (Å²) in [4.78, 5) is 44.8. The second-order valence-electron chi connectivity index (χ2n) is 10.5. The average molecular weight is 515 g/mol. The Morgan fingerprint density at radius 1 is 1.08 bits per heavy atom. The lowest BCUT2D eigenvalue weighted by molar-refractivity contribution is -0.145. The van der Waals surface area contributed by atoms with Crippen LogP contribution in [0.3, 0.4) is 0 Å². The van der Waals surface area contributed by atoms with Gasteiger partial charge >= 0.3 is 0 Å². The predicted octanol–water partition coefficient (Wildman–Crippen LogP) is 2.53. The molecule has 204 valence electrons. The Morgan fingerprint density at radius 2 is 1.78 bits per heavy atom. The number of carbonyl (C=O) groups is 3. The number of unbranched alkanes of at least 4 members (excludes halogenated alkanes) is 2. The van der Waals surface area contributed by atoms with Gasteiger partial charge in [0.25, 0.3) is 0 Å². The Kier molecular flexibility index (Phi) is 8.14. The molecule has 37 heavy (non-hydrogen) atoms. The lowest BCUT2D eigenvalue weighted by Gasteiger charge is -2.33. The van der Waals surface area contributed by atoms with Crippen molar-refractivity contribution in [2.45, 2.75) is 76.5 Å². The molecule has 3 aliphatic heterocycles. The van der Waals surface area contributed by atoms with Crippen molar-refractivity contribution in [2.24, 2.45) is 11.8 Å². The number of fused-ring (bicyclic) bond motifs is 1. The second-order valence-corrected chi connectivity index (χ2v) is 10.5. The maximum atomic E-state index is 13.9. The van der Waals surface area contributed by atoms with Gasteiger partial charge in [-0.05, 0) is 76.6 Å². The number of amides is 3. The number of likely N-dealkylation sites (tertiary alicyclic amines) is 1. The van der Waals surface area contributed by atoms with Gasteiger partial charge in [-0.1, -0.05) is 6.92 Å². The van der Waals surface area contributed by atoms with Gasteiger partial charge in [-0.2, -0.15) is 0 Å². The number of anilines is 2. The van der Waals surface area contributed by atoms with Crippen LogP contribution in [-0.4, -0.2) is 78.3 Å². The Bertz CT molecular complexity index is 997. The van der Waals surface area contributed by atoms with E-state index in [1.807, 2.05) is 31.2 Å². The molecule has 1 aromatic rings. The van der Waals surface area contributed by atoms with Crippen molar-refractivity contribution in [3.63, 3.8) is 0 Å². The molecule has 9 nitrogen and oxygen atoms in total. The fourth-order valence-corrected chi connectivity index (χ4v) is 6.94. The molecule has 3 amide bonds. The van der Waals surface area contributed by atoms with Gasteiger partial charge in [-0.25, -0.2) is 0 Å². The molecule has 3 aliphatic rings. The summed E-state index contributed by atoms with van der Waals surface area (Å²) >= 11 is 0. The van der Waals surface area contributed by atoms with Crippen molar-refractivity contribution in [1.82, 2.24) is 10.2 Å². The minimum atomic E-state index is -1.02. The fourth-order valence-electron chi connectivity index (χ4n) is 6.94. The number of nitrogens with one attached hydrogen (secondary N) is 2. The minimum Gasteiger partial charge on any atom is -0.396 e. The average Bonchev–Trinajstić information content (AvgIpc) is 3.51. The van der Waals surface area contributed by atoms with E-state index in [9.17, 15) is 19.5 Å². The zero-order chi connectivity index (χ0) is 26.8. The Morgan fingerprint density at radius 3 is 2.38 bits per heavy atom. The van der Waals surface area contributed by atoms with Gasteiger partial charge in [0.2, 0.25) is 17.7 Å².